The molecule has 2 heterocycles. The SMILES string of the molecule is CCN(CC)C(=O)C1CCN(c2cnn(C)c(=O)c2)C1. The van der Waals surface area contributed by atoms with E-state index in [9.17, 15) is 9.59 Å². The molecule has 110 valence electrons. The maximum absolute atomic E-state index is 12.3. The molecule has 0 aromatic carbocycles. The van der Waals surface area contributed by atoms with Crippen LogP contribution in [0.5, 0.6) is 0 Å². The molecular formula is C14H22N4O2. The van der Waals surface area contributed by atoms with Crippen molar-refractivity contribution in [2.24, 2.45) is 13.0 Å². The Bertz CT molecular complexity index is 536. The Balaban J connectivity index is 2.07. The van der Waals surface area contributed by atoms with Crippen molar-refractivity contribution >= 4 is 11.6 Å². The quantitative estimate of drug-likeness (QED) is 0.803. The van der Waals surface area contributed by atoms with Crippen LogP contribution < -0.4 is 10.5 Å². The molecule has 0 spiro atoms. The minimum atomic E-state index is -0.124. The summed E-state index contributed by atoms with van der Waals surface area (Å²) in [4.78, 5) is 27.9. The van der Waals surface area contributed by atoms with Crippen molar-refractivity contribution in [3.63, 3.8) is 0 Å². The van der Waals surface area contributed by atoms with Crippen molar-refractivity contribution in [3.8, 4) is 0 Å². The first-order valence-corrected chi connectivity index (χ1v) is 7.13. The Kier molecular flexibility index (Phi) is 4.42. The van der Waals surface area contributed by atoms with Crippen LogP contribution in [0.3, 0.4) is 0 Å². The van der Waals surface area contributed by atoms with Gasteiger partial charge < -0.3 is 9.80 Å². The number of nitrogens with zero attached hydrogens (tertiary/aromatic N) is 4. The van der Waals surface area contributed by atoms with Gasteiger partial charge in [-0.1, -0.05) is 0 Å². The van der Waals surface area contributed by atoms with Gasteiger partial charge in [-0.2, -0.15) is 5.10 Å². The minimum absolute atomic E-state index is 0.0268. The van der Waals surface area contributed by atoms with Gasteiger partial charge in [0, 0.05) is 39.3 Å². The number of carbonyl (C=O) groups excluding carboxylic acids is 1. The molecular weight excluding hydrogens is 256 g/mol. The Morgan fingerprint density at radius 3 is 2.75 bits per heavy atom. The van der Waals surface area contributed by atoms with Gasteiger partial charge in [-0.15, -0.1) is 0 Å². The predicted octanol–water partition coefficient (Wildman–Crippen LogP) is 0.475. The second-order valence-corrected chi connectivity index (χ2v) is 5.12. The van der Waals surface area contributed by atoms with E-state index in [2.05, 4.69) is 10.00 Å². The summed E-state index contributed by atoms with van der Waals surface area (Å²) in [7, 11) is 1.63. The summed E-state index contributed by atoms with van der Waals surface area (Å²) < 4.78 is 1.30. The number of carbonyl (C=O) groups is 1. The van der Waals surface area contributed by atoms with Crippen molar-refractivity contribution < 1.29 is 4.79 Å². The first kappa shape index (κ1) is 14.6. The summed E-state index contributed by atoms with van der Waals surface area (Å²) in [6.45, 7) is 6.97. The van der Waals surface area contributed by atoms with E-state index >= 15 is 0 Å². The standard InChI is InChI=1S/C14H22N4O2/c1-4-17(5-2)14(20)11-6-7-18(10-11)12-8-13(19)16(3)15-9-12/h8-9,11H,4-7,10H2,1-3H3. The van der Waals surface area contributed by atoms with Crippen LogP contribution in [0.1, 0.15) is 20.3 Å². The van der Waals surface area contributed by atoms with Crippen LogP contribution in [-0.4, -0.2) is 46.8 Å². The highest BCUT2D eigenvalue weighted by atomic mass is 16.2. The monoisotopic (exact) mass is 278 g/mol. The lowest BCUT2D eigenvalue weighted by Gasteiger charge is -2.23. The smallest absolute Gasteiger partial charge is 0.268 e. The van der Waals surface area contributed by atoms with Crippen LogP contribution in [0.2, 0.25) is 0 Å². The summed E-state index contributed by atoms with van der Waals surface area (Å²) in [5.74, 6) is 0.244. The number of hydrogen-bond acceptors (Lipinski definition) is 4. The zero-order valence-corrected chi connectivity index (χ0v) is 12.4. The predicted molar refractivity (Wildman–Crippen MR) is 77.7 cm³/mol. The molecule has 0 N–H and O–H groups in total. The third-order valence-corrected chi connectivity index (χ3v) is 3.93. The number of rotatable bonds is 4. The molecule has 0 aliphatic carbocycles. The van der Waals surface area contributed by atoms with Crippen LogP contribution in [0.4, 0.5) is 5.69 Å². The van der Waals surface area contributed by atoms with Crippen LogP contribution >= 0.6 is 0 Å². The van der Waals surface area contributed by atoms with E-state index < -0.39 is 0 Å². The molecule has 1 saturated heterocycles. The topological polar surface area (TPSA) is 58.4 Å². The van der Waals surface area contributed by atoms with Crippen LogP contribution in [0.25, 0.3) is 0 Å². The number of anilines is 1. The van der Waals surface area contributed by atoms with Gasteiger partial charge in [0.15, 0.2) is 0 Å². The van der Waals surface area contributed by atoms with Crippen molar-refractivity contribution in [2.45, 2.75) is 20.3 Å². The van der Waals surface area contributed by atoms with Gasteiger partial charge in [-0.25, -0.2) is 4.68 Å². The van der Waals surface area contributed by atoms with Gasteiger partial charge >= 0.3 is 0 Å². The summed E-state index contributed by atoms with van der Waals surface area (Å²) in [6.07, 6.45) is 2.52. The van der Waals surface area contributed by atoms with Gasteiger partial charge in [0.1, 0.15) is 0 Å². The molecule has 0 radical (unpaired) electrons. The molecule has 0 bridgehead atoms. The average molecular weight is 278 g/mol. The fourth-order valence-electron chi connectivity index (χ4n) is 2.62. The van der Waals surface area contributed by atoms with Crippen molar-refractivity contribution in [3.05, 3.63) is 22.6 Å². The molecule has 20 heavy (non-hydrogen) atoms. The molecule has 1 unspecified atom stereocenters. The highest BCUT2D eigenvalue weighted by Gasteiger charge is 2.30. The molecule has 1 fully saturated rings. The second kappa shape index (κ2) is 6.07. The number of aryl methyl sites for hydroxylation is 1. The third-order valence-electron chi connectivity index (χ3n) is 3.93. The fourth-order valence-corrected chi connectivity index (χ4v) is 2.62. The van der Waals surface area contributed by atoms with Gasteiger partial charge in [0.25, 0.3) is 5.56 Å². The highest BCUT2D eigenvalue weighted by Crippen LogP contribution is 2.23. The van der Waals surface area contributed by atoms with Crippen molar-refractivity contribution in [2.75, 3.05) is 31.1 Å². The lowest BCUT2D eigenvalue weighted by molar-refractivity contribution is -0.134. The van der Waals surface area contributed by atoms with E-state index in [1.165, 1.54) is 4.68 Å². The fraction of sp³-hybridized carbons (Fsp3) is 0.643. The molecule has 6 nitrogen and oxygen atoms in total. The molecule has 1 aromatic heterocycles. The largest absolute Gasteiger partial charge is 0.369 e. The van der Waals surface area contributed by atoms with Crippen LogP contribution in [0.15, 0.2) is 17.1 Å². The zero-order valence-electron chi connectivity index (χ0n) is 12.4. The minimum Gasteiger partial charge on any atom is -0.369 e. The molecule has 0 saturated carbocycles. The zero-order chi connectivity index (χ0) is 14.7. The molecule has 2 rings (SSSR count). The van der Waals surface area contributed by atoms with Crippen LogP contribution in [0, 0.1) is 5.92 Å². The summed E-state index contributed by atoms with van der Waals surface area (Å²) in [5.41, 5.74) is 0.684. The Hall–Kier alpha value is -1.85. The maximum Gasteiger partial charge on any atom is 0.268 e. The Labute approximate surface area is 119 Å². The Morgan fingerprint density at radius 1 is 1.45 bits per heavy atom. The number of aromatic nitrogens is 2. The van der Waals surface area contributed by atoms with Gasteiger partial charge in [-0.3, -0.25) is 9.59 Å². The molecule has 1 aromatic rings. The maximum atomic E-state index is 12.3. The molecule has 1 amide bonds. The second-order valence-electron chi connectivity index (χ2n) is 5.12. The molecule has 6 heteroatoms. The highest BCUT2D eigenvalue weighted by molar-refractivity contribution is 5.80. The number of amides is 1. The van der Waals surface area contributed by atoms with E-state index in [-0.39, 0.29) is 17.4 Å². The normalized spacial score (nSPS) is 18.4. The van der Waals surface area contributed by atoms with Gasteiger partial charge in [0.05, 0.1) is 17.8 Å². The van der Waals surface area contributed by atoms with E-state index in [1.54, 1.807) is 19.3 Å². The summed E-state index contributed by atoms with van der Waals surface area (Å²) in [5, 5.41) is 4.03. The van der Waals surface area contributed by atoms with E-state index in [0.717, 1.165) is 31.7 Å². The molecule has 1 aliphatic rings. The third kappa shape index (κ3) is 2.84. The average Bonchev–Trinajstić information content (AvgIpc) is 2.93. The van der Waals surface area contributed by atoms with E-state index in [4.69, 9.17) is 0 Å². The molecule has 1 aliphatic heterocycles. The lowest BCUT2D eigenvalue weighted by Crippen LogP contribution is -2.37. The van der Waals surface area contributed by atoms with Crippen molar-refractivity contribution in [1.82, 2.24) is 14.7 Å². The number of hydrogen-bond donors (Lipinski definition) is 0. The molecule has 1 atom stereocenters. The van der Waals surface area contributed by atoms with Gasteiger partial charge in [-0.05, 0) is 20.3 Å². The Morgan fingerprint density at radius 2 is 2.15 bits per heavy atom. The van der Waals surface area contributed by atoms with Crippen molar-refractivity contribution in [1.29, 1.82) is 0 Å². The van der Waals surface area contributed by atoms with E-state index in [0.29, 0.717) is 6.54 Å². The first-order chi connectivity index (χ1) is 9.56. The van der Waals surface area contributed by atoms with Crippen LogP contribution in [-0.2, 0) is 11.8 Å². The first-order valence-electron chi connectivity index (χ1n) is 7.13. The summed E-state index contributed by atoms with van der Waals surface area (Å²) >= 11 is 0. The summed E-state index contributed by atoms with van der Waals surface area (Å²) in [6, 6.07) is 1.58. The lowest BCUT2D eigenvalue weighted by atomic mass is 10.1. The van der Waals surface area contributed by atoms with Gasteiger partial charge in [0.2, 0.25) is 5.91 Å². The van der Waals surface area contributed by atoms with E-state index in [1.807, 2.05) is 18.7 Å².